The number of nitrogens with zero attached hydrogens (tertiary/aromatic N) is 1. The Hall–Kier alpha value is -2.41. The number of hydrogen-bond acceptors (Lipinski definition) is 4. The van der Waals surface area contributed by atoms with Gasteiger partial charge in [0.05, 0.1) is 13.0 Å². The van der Waals surface area contributed by atoms with Crippen molar-refractivity contribution in [2.45, 2.75) is 46.3 Å². The van der Waals surface area contributed by atoms with Gasteiger partial charge in [0.15, 0.2) is 0 Å². The van der Waals surface area contributed by atoms with Crippen molar-refractivity contribution >= 4 is 55.9 Å². The number of ether oxygens (including phenoxy) is 2. The third kappa shape index (κ3) is 5.55. The van der Waals surface area contributed by atoms with Crippen molar-refractivity contribution in [3.05, 3.63) is 75.2 Å². The van der Waals surface area contributed by atoms with Crippen molar-refractivity contribution in [2.75, 3.05) is 18.1 Å². The summed E-state index contributed by atoms with van der Waals surface area (Å²) in [6.45, 7) is 8.64. The minimum absolute atomic E-state index is 0.170. The summed E-state index contributed by atoms with van der Waals surface area (Å²) in [5, 5.41) is 2.65. The van der Waals surface area contributed by atoms with Crippen LogP contribution in [0.15, 0.2) is 59.1 Å². The van der Waals surface area contributed by atoms with Crippen LogP contribution in [0.25, 0.3) is 10.8 Å². The molecule has 3 aromatic carbocycles. The van der Waals surface area contributed by atoms with Crippen LogP contribution in [0.2, 0.25) is 5.02 Å². The largest absolute Gasteiger partial charge is 0.466 e. The number of fused-ring (bicyclic) bond motifs is 2. The van der Waals surface area contributed by atoms with Gasteiger partial charge in [0.1, 0.15) is 12.2 Å². The van der Waals surface area contributed by atoms with Crippen molar-refractivity contribution in [3.63, 3.8) is 0 Å². The molecule has 1 heterocycles. The number of amides is 1. The Labute approximate surface area is 219 Å². The van der Waals surface area contributed by atoms with Gasteiger partial charge in [0.25, 0.3) is 5.91 Å². The second kappa shape index (κ2) is 10.3. The topological polar surface area (TPSA) is 55.8 Å². The Morgan fingerprint density at radius 2 is 1.86 bits per heavy atom. The third-order valence-electron chi connectivity index (χ3n) is 5.87. The van der Waals surface area contributed by atoms with Crippen LogP contribution >= 0.6 is 27.5 Å². The molecule has 0 saturated carbocycles. The molecule has 0 bridgehead atoms. The monoisotopic (exact) mass is 557 g/mol. The molecule has 1 amide bonds. The zero-order valence-corrected chi connectivity index (χ0v) is 22.7. The van der Waals surface area contributed by atoms with E-state index in [4.69, 9.17) is 21.1 Å². The lowest BCUT2D eigenvalue weighted by Crippen LogP contribution is -2.44. The van der Waals surface area contributed by atoms with E-state index in [2.05, 4.69) is 36.7 Å². The molecular weight excluding hydrogens is 530 g/mol. The number of hydrogen-bond donors (Lipinski definition) is 0. The maximum atomic E-state index is 13.8. The average molecular weight is 559 g/mol. The molecule has 184 valence electrons. The lowest BCUT2D eigenvalue weighted by molar-refractivity contribution is -0.151. The van der Waals surface area contributed by atoms with Gasteiger partial charge in [-0.25, -0.2) is 0 Å². The molecule has 0 N–H and O–H groups in total. The van der Waals surface area contributed by atoms with Crippen LogP contribution in [0.4, 0.5) is 5.69 Å². The minimum atomic E-state index is -1.01. The highest BCUT2D eigenvalue weighted by Gasteiger charge is 2.39. The van der Waals surface area contributed by atoms with E-state index in [-0.39, 0.29) is 24.3 Å². The van der Waals surface area contributed by atoms with Crippen LogP contribution < -0.4 is 4.90 Å². The minimum Gasteiger partial charge on any atom is -0.466 e. The highest BCUT2D eigenvalue weighted by atomic mass is 79.9. The maximum Gasteiger partial charge on any atom is 0.308 e. The van der Waals surface area contributed by atoms with Crippen LogP contribution in [-0.2, 0) is 19.1 Å². The van der Waals surface area contributed by atoms with E-state index < -0.39 is 18.2 Å². The smallest absolute Gasteiger partial charge is 0.308 e. The van der Waals surface area contributed by atoms with Crippen LogP contribution in [0, 0.1) is 5.41 Å². The molecule has 0 fully saturated rings. The first-order valence-corrected chi connectivity index (χ1v) is 12.8. The van der Waals surface area contributed by atoms with E-state index in [9.17, 15) is 9.59 Å². The molecule has 0 aromatic heterocycles. The number of carbonyl (C=O) groups is 2. The van der Waals surface area contributed by atoms with E-state index in [1.807, 2.05) is 48.5 Å². The number of esters is 1. The zero-order valence-electron chi connectivity index (χ0n) is 20.3. The van der Waals surface area contributed by atoms with E-state index in [1.165, 1.54) is 0 Å². The summed E-state index contributed by atoms with van der Waals surface area (Å²) < 4.78 is 12.5. The molecule has 2 atom stereocenters. The summed E-state index contributed by atoms with van der Waals surface area (Å²) in [6.07, 6.45) is -1.81. The summed E-state index contributed by atoms with van der Waals surface area (Å²) in [7, 11) is 0. The Balaban J connectivity index is 1.91. The van der Waals surface area contributed by atoms with Gasteiger partial charge in [0, 0.05) is 32.9 Å². The molecule has 0 unspecified atom stereocenters. The van der Waals surface area contributed by atoms with Crippen LogP contribution in [0.1, 0.15) is 51.3 Å². The van der Waals surface area contributed by atoms with Gasteiger partial charge in [-0.05, 0) is 57.2 Å². The maximum absolute atomic E-state index is 13.8. The van der Waals surface area contributed by atoms with Gasteiger partial charge in [0.2, 0.25) is 0 Å². The average Bonchev–Trinajstić information content (AvgIpc) is 2.89. The Morgan fingerprint density at radius 1 is 1.11 bits per heavy atom. The molecule has 1 aliphatic heterocycles. The van der Waals surface area contributed by atoms with E-state index in [1.54, 1.807) is 17.9 Å². The van der Waals surface area contributed by atoms with Gasteiger partial charge in [-0.3, -0.25) is 9.59 Å². The molecule has 3 aromatic rings. The van der Waals surface area contributed by atoms with Crippen molar-refractivity contribution < 1.29 is 19.1 Å². The third-order valence-corrected chi connectivity index (χ3v) is 6.99. The number of halogens is 2. The summed E-state index contributed by atoms with van der Waals surface area (Å²) in [5.74, 6) is -0.738. The van der Waals surface area contributed by atoms with Gasteiger partial charge in [-0.15, -0.1) is 0 Å². The first kappa shape index (κ1) is 25.7. The van der Waals surface area contributed by atoms with Crippen molar-refractivity contribution in [1.82, 2.24) is 0 Å². The van der Waals surface area contributed by atoms with Crippen LogP contribution in [-0.4, -0.2) is 31.1 Å². The van der Waals surface area contributed by atoms with Crippen LogP contribution in [0.5, 0.6) is 0 Å². The highest BCUT2D eigenvalue weighted by Crippen LogP contribution is 2.44. The number of carbonyl (C=O) groups excluding carboxylic acids is 2. The second-order valence-corrected chi connectivity index (χ2v) is 11.1. The molecule has 0 radical (unpaired) electrons. The van der Waals surface area contributed by atoms with Gasteiger partial charge >= 0.3 is 5.97 Å². The van der Waals surface area contributed by atoms with Crippen molar-refractivity contribution in [2.24, 2.45) is 5.41 Å². The molecule has 4 rings (SSSR count). The van der Waals surface area contributed by atoms with E-state index >= 15 is 0 Å². The Bertz CT molecular complexity index is 1270. The first-order valence-electron chi connectivity index (χ1n) is 11.7. The predicted octanol–water partition coefficient (Wildman–Crippen LogP) is 7.08. The Kier molecular flexibility index (Phi) is 7.55. The molecule has 7 heteroatoms. The van der Waals surface area contributed by atoms with Gasteiger partial charge < -0.3 is 14.4 Å². The van der Waals surface area contributed by atoms with Gasteiger partial charge in [-0.1, -0.05) is 68.8 Å². The fraction of sp³-hybridized carbons (Fsp3) is 0.357. The molecule has 35 heavy (non-hydrogen) atoms. The number of benzene rings is 3. The van der Waals surface area contributed by atoms with Crippen LogP contribution in [0.3, 0.4) is 0 Å². The molecule has 0 saturated heterocycles. The summed E-state index contributed by atoms with van der Waals surface area (Å²) in [6, 6.07) is 17.6. The lowest BCUT2D eigenvalue weighted by atomic mass is 9.93. The lowest BCUT2D eigenvalue weighted by Gasteiger charge is -2.31. The number of anilines is 1. The standard InChI is InChI=1S/C28H29BrClNO4/c1-5-34-24(32)15-23-27(33)31(16-28(2,3)4)22-13-11-18(30)14-21(22)26(35-23)20-12-10-17-8-6-7-9-19(17)25(20)29/h6-14,23,26H,5,15-16H2,1-4H3/t23-,26-/m1/s1. The molecule has 5 nitrogen and oxygen atoms in total. The van der Waals surface area contributed by atoms with E-state index in [0.717, 1.165) is 32.1 Å². The molecule has 0 spiro atoms. The van der Waals surface area contributed by atoms with Crippen molar-refractivity contribution in [1.29, 1.82) is 0 Å². The fourth-order valence-electron chi connectivity index (χ4n) is 4.41. The predicted molar refractivity (Wildman–Crippen MR) is 143 cm³/mol. The number of rotatable bonds is 5. The summed E-state index contributed by atoms with van der Waals surface area (Å²) >= 11 is 10.2. The molecular formula is C28H29BrClNO4. The SMILES string of the molecule is CCOC(=O)C[C@H]1O[C@H](c2ccc3ccccc3c2Br)c2cc(Cl)ccc2N(CC(C)(C)C)C1=O. The quantitative estimate of drug-likeness (QED) is 0.314. The Morgan fingerprint density at radius 3 is 2.57 bits per heavy atom. The van der Waals surface area contributed by atoms with Crippen molar-refractivity contribution in [3.8, 4) is 0 Å². The normalized spacial score (nSPS) is 18.3. The van der Waals surface area contributed by atoms with E-state index in [0.29, 0.717) is 11.6 Å². The molecule has 1 aliphatic rings. The fourth-order valence-corrected chi connectivity index (χ4v) is 5.29. The zero-order chi connectivity index (χ0) is 25.3. The van der Waals surface area contributed by atoms with Gasteiger partial charge in [-0.2, -0.15) is 0 Å². The highest BCUT2D eigenvalue weighted by molar-refractivity contribution is 9.10. The second-order valence-electron chi connectivity index (χ2n) is 9.89. The summed E-state index contributed by atoms with van der Waals surface area (Å²) in [5.41, 5.74) is 2.17. The first-order chi connectivity index (χ1) is 16.6. The summed E-state index contributed by atoms with van der Waals surface area (Å²) in [4.78, 5) is 28.0. The molecule has 0 aliphatic carbocycles.